The van der Waals surface area contributed by atoms with Gasteiger partial charge in [0.2, 0.25) is 0 Å². The molecule has 1 aliphatic rings. The van der Waals surface area contributed by atoms with Crippen LogP contribution in [0.15, 0.2) is 42.5 Å². The molecule has 1 aliphatic heterocycles. The molecular weight excluding hydrogens is 344 g/mol. The van der Waals surface area contributed by atoms with Crippen molar-refractivity contribution >= 4 is 11.9 Å². The molecule has 0 atom stereocenters. The van der Waals surface area contributed by atoms with Crippen molar-refractivity contribution < 1.29 is 28.2 Å². The average molecular weight is 361 g/mol. The molecule has 0 bridgehead atoms. The highest BCUT2D eigenvalue weighted by atomic mass is 19.1. The van der Waals surface area contributed by atoms with Crippen molar-refractivity contribution in [1.82, 2.24) is 4.90 Å². The van der Waals surface area contributed by atoms with Crippen LogP contribution in [0.4, 0.5) is 8.78 Å². The van der Waals surface area contributed by atoms with Crippen molar-refractivity contribution in [3.8, 4) is 5.75 Å². The van der Waals surface area contributed by atoms with Gasteiger partial charge >= 0.3 is 5.97 Å². The fraction of sp³-hybridized carbons (Fsp3) is 0.263. The Morgan fingerprint density at radius 2 is 1.73 bits per heavy atom. The monoisotopic (exact) mass is 361 g/mol. The lowest BCUT2D eigenvalue weighted by Gasteiger charge is -2.32. The van der Waals surface area contributed by atoms with E-state index < -0.39 is 17.6 Å². The number of hydrogen-bond acceptors (Lipinski definition) is 3. The molecule has 0 aromatic heterocycles. The zero-order chi connectivity index (χ0) is 18.7. The van der Waals surface area contributed by atoms with E-state index in [1.54, 1.807) is 11.0 Å². The van der Waals surface area contributed by atoms with E-state index in [9.17, 15) is 18.4 Å². The molecule has 26 heavy (non-hydrogen) atoms. The van der Waals surface area contributed by atoms with Crippen LogP contribution in [0, 0.1) is 11.6 Å². The number of halogens is 2. The fourth-order valence-corrected chi connectivity index (χ4v) is 2.89. The molecule has 1 fully saturated rings. The van der Waals surface area contributed by atoms with Gasteiger partial charge in [-0.05, 0) is 30.3 Å². The molecule has 1 saturated heterocycles. The van der Waals surface area contributed by atoms with E-state index in [2.05, 4.69) is 0 Å². The molecule has 0 spiro atoms. The maximum Gasteiger partial charge on any atom is 0.335 e. The van der Waals surface area contributed by atoms with Crippen molar-refractivity contribution in [2.24, 2.45) is 0 Å². The molecular formula is C19H17F2NO4. The van der Waals surface area contributed by atoms with Crippen LogP contribution >= 0.6 is 0 Å². The highest BCUT2D eigenvalue weighted by Gasteiger charge is 2.25. The third-order valence-corrected chi connectivity index (χ3v) is 4.27. The third-order valence-electron chi connectivity index (χ3n) is 4.27. The Hall–Kier alpha value is -2.96. The lowest BCUT2D eigenvalue weighted by Crippen LogP contribution is -2.41. The maximum absolute atomic E-state index is 13.7. The number of carbonyl (C=O) groups excluding carboxylic acids is 1. The first-order valence-electron chi connectivity index (χ1n) is 8.18. The molecule has 1 amide bonds. The van der Waals surface area contributed by atoms with Gasteiger partial charge < -0.3 is 14.7 Å². The number of carboxylic acids is 1. The first-order valence-corrected chi connectivity index (χ1v) is 8.18. The number of hydrogen-bond donors (Lipinski definition) is 1. The second kappa shape index (κ2) is 7.51. The molecule has 0 aliphatic carbocycles. The number of amides is 1. The van der Waals surface area contributed by atoms with Gasteiger partial charge in [0.1, 0.15) is 11.9 Å². The van der Waals surface area contributed by atoms with Crippen molar-refractivity contribution in [3.63, 3.8) is 0 Å². The molecule has 5 nitrogen and oxygen atoms in total. The Bertz CT molecular complexity index is 832. The molecule has 0 radical (unpaired) electrons. The summed E-state index contributed by atoms with van der Waals surface area (Å²) in [6.45, 7) is 0.813. The highest BCUT2D eigenvalue weighted by Crippen LogP contribution is 2.23. The molecule has 0 saturated carbocycles. The minimum absolute atomic E-state index is 0.00895. The van der Waals surface area contributed by atoms with Crippen LogP contribution in [0.25, 0.3) is 0 Å². The molecule has 136 valence electrons. The van der Waals surface area contributed by atoms with E-state index in [0.717, 1.165) is 12.1 Å². The van der Waals surface area contributed by atoms with E-state index in [4.69, 9.17) is 9.84 Å². The minimum Gasteiger partial charge on any atom is -0.487 e. The molecule has 3 rings (SSSR count). The van der Waals surface area contributed by atoms with Crippen molar-refractivity contribution in [1.29, 1.82) is 0 Å². The van der Waals surface area contributed by atoms with Gasteiger partial charge in [0.25, 0.3) is 5.91 Å². The van der Waals surface area contributed by atoms with Crippen LogP contribution in [-0.4, -0.2) is 41.1 Å². The van der Waals surface area contributed by atoms with Gasteiger partial charge in [-0.3, -0.25) is 4.79 Å². The van der Waals surface area contributed by atoms with Crippen LogP contribution < -0.4 is 4.74 Å². The Kier molecular flexibility index (Phi) is 5.16. The second-order valence-corrected chi connectivity index (χ2v) is 6.07. The number of ether oxygens (including phenoxy) is 1. The Morgan fingerprint density at radius 1 is 1.04 bits per heavy atom. The predicted molar refractivity (Wildman–Crippen MR) is 89.3 cm³/mol. The largest absolute Gasteiger partial charge is 0.487 e. The Morgan fingerprint density at radius 3 is 2.38 bits per heavy atom. The summed E-state index contributed by atoms with van der Waals surface area (Å²) in [7, 11) is 0. The summed E-state index contributed by atoms with van der Waals surface area (Å²) >= 11 is 0. The summed E-state index contributed by atoms with van der Waals surface area (Å²) in [4.78, 5) is 25.2. The van der Waals surface area contributed by atoms with Gasteiger partial charge in [0.05, 0.1) is 5.56 Å². The van der Waals surface area contributed by atoms with E-state index >= 15 is 0 Å². The van der Waals surface area contributed by atoms with Crippen LogP contribution in [0.2, 0.25) is 0 Å². The number of aromatic carboxylic acids is 1. The Balaban J connectivity index is 1.60. The molecule has 2 aromatic carbocycles. The molecule has 7 heteroatoms. The predicted octanol–water partition coefficient (Wildman–Crippen LogP) is 3.35. The quantitative estimate of drug-likeness (QED) is 0.907. The van der Waals surface area contributed by atoms with Gasteiger partial charge in [-0.15, -0.1) is 0 Å². The van der Waals surface area contributed by atoms with Crippen LogP contribution in [-0.2, 0) is 0 Å². The van der Waals surface area contributed by atoms with Gasteiger partial charge in [-0.25, -0.2) is 13.6 Å². The molecule has 1 N–H and O–H groups in total. The van der Waals surface area contributed by atoms with Crippen molar-refractivity contribution in [2.45, 2.75) is 18.9 Å². The van der Waals surface area contributed by atoms with Crippen molar-refractivity contribution in [3.05, 3.63) is 65.2 Å². The van der Waals surface area contributed by atoms with E-state index in [0.29, 0.717) is 31.5 Å². The van der Waals surface area contributed by atoms with Gasteiger partial charge in [0.15, 0.2) is 11.6 Å². The summed E-state index contributed by atoms with van der Waals surface area (Å²) in [5.74, 6) is -2.77. The number of rotatable bonds is 4. The van der Waals surface area contributed by atoms with Gasteiger partial charge in [-0.2, -0.15) is 0 Å². The zero-order valence-electron chi connectivity index (χ0n) is 13.8. The van der Waals surface area contributed by atoms with Gasteiger partial charge in [-0.1, -0.05) is 6.07 Å². The molecule has 1 heterocycles. The number of carboxylic acid groups (broad SMARTS) is 1. The SMILES string of the molecule is O=C(O)c1cccc(C(=O)N2CCC(Oc3ccc(F)cc3F)CC2)c1. The lowest BCUT2D eigenvalue weighted by molar-refractivity contribution is 0.0588. The second-order valence-electron chi connectivity index (χ2n) is 6.07. The number of nitrogens with zero attached hydrogens (tertiary/aromatic N) is 1. The fourth-order valence-electron chi connectivity index (χ4n) is 2.89. The summed E-state index contributed by atoms with van der Waals surface area (Å²) in [5, 5.41) is 9.02. The van der Waals surface area contributed by atoms with Crippen molar-refractivity contribution in [2.75, 3.05) is 13.1 Å². The minimum atomic E-state index is -1.09. The third kappa shape index (κ3) is 3.99. The first kappa shape index (κ1) is 17.8. The Labute approximate surface area is 148 Å². The topological polar surface area (TPSA) is 66.8 Å². The average Bonchev–Trinajstić information content (AvgIpc) is 2.64. The molecule has 2 aromatic rings. The summed E-state index contributed by atoms with van der Waals surface area (Å²) in [6, 6.07) is 9.03. The first-order chi connectivity index (χ1) is 12.4. The standard InChI is InChI=1S/C19H17F2NO4/c20-14-4-5-17(16(21)11-14)26-15-6-8-22(9-7-15)18(23)12-2-1-3-13(10-12)19(24)25/h1-5,10-11,15H,6-9H2,(H,24,25). The van der Waals surface area contributed by atoms with E-state index in [1.165, 1.54) is 24.3 Å². The van der Waals surface area contributed by atoms with Gasteiger partial charge in [0, 0.05) is 37.6 Å². The number of likely N-dealkylation sites (tertiary alicyclic amines) is 1. The number of carbonyl (C=O) groups is 2. The zero-order valence-corrected chi connectivity index (χ0v) is 13.8. The normalized spacial score (nSPS) is 14.9. The van der Waals surface area contributed by atoms with Crippen LogP contribution in [0.5, 0.6) is 5.75 Å². The smallest absolute Gasteiger partial charge is 0.335 e. The van der Waals surface area contributed by atoms with Crippen LogP contribution in [0.1, 0.15) is 33.6 Å². The maximum atomic E-state index is 13.7. The summed E-state index contributed by atoms with van der Waals surface area (Å²) in [6.07, 6.45) is 0.729. The van der Waals surface area contributed by atoms with E-state index in [-0.39, 0.29) is 23.3 Å². The van der Waals surface area contributed by atoms with E-state index in [1.807, 2.05) is 0 Å². The highest BCUT2D eigenvalue weighted by molar-refractivity contribution is 5.97. The lowest BCUT2D eigenvalue weighted by atomic mass is 10.0. The van der Waals surface area contributed by atoms with Crippen LogP contribution in [0.3, 0.4) is 0 Å². The summed E-state index contributed by atoms with van der Waals surface area (Å²) in [5.41, 5.74) is 0.370. The number of benzene rings is 2. The molecule has 0 unspecified atom stereocenters. The summed E-state index contributed by atoms with van der Waals surface area (Å²) < 4.78 is 32.2. The number of piperidine rings is 1.